The minimum absolute atomic E-state index is 0. The number of benzene rings is 2. The fourth-order valence-corrected chi connectivity index (χ4v) is 1.34. The Hall–Kier alpha value is -1.16. The van der Waals surface area contributed by atoms with Crippen LogP contribution in [0.1, 0.15) is 0 Å². The summed E-state index contributed by atoms with van der Waals surface area (Å²) in [6.07, 6.45) is 0. The first-order chi connectivity index (χ1) is 6.38. The fraction of sp³-hybridized carbons (Fsp3) is 0. The van der Waals surface area contributed by atoms with Crippen LogP contribution in [0.4, 0.5) is 0 Å². The van der Waals surface area contributed by atoms with E-state index in [-0.39, 0.29) is 18.9 Å². The van der Waals surface area contributed by atoms with E-state index in [0.29, 0.717) is 5.75 Å². The van der Waals surface area contributed by atoms with Gasteiger partial charge in [0, 0.05) is 5.56 Å². The summed E-state index contributed by atoms with van der Waals surface area (Å²) < 4.78 is 0. The van der Waals surface area contributed by atoms with Crippen molar-refractivity contribution in [2.75, 3.05) is 0 Å². The Morgan fingerprint density at radius 3 is 1.93 bits per heavy atom. The number of hydrogen-bond donors (Lipinski definition) is 1. The molecule has 0 aliphatic carbocycles. The minimum atomic E-state index is 0. The number of para-hydroxylation sites is 1. The van der Waals surface area contributed by atoms with Crippen LogP contribution in [0.25, 0.3) is 11.1 Å². The number of phenolic OH excluding ortho intramolecular Hbond substituents is 1. The summed E-state index contributed by atoms with van der Waals surface area (Å²) in [5.74, 6) is 0.328. The summed E-state index contributed by atoms with van der Waals surface area (Å²) in [5, 5.41) is 9.56. The average Bonchev–Trinajstić information content (AvgIpc) is 2.20. The van der Waals surface area contributed by atoms with Crippen LogP contribution >= 0.6 is 0 Å². The fourth-order valence-electron chi connectivity index (χ4n) is 1.34. The quantitative estimate of drug-likeness (QED) is 0.665. The Balaban J connectivity index is 0.000000980. The second-order valence-electron chi connectivity index (χ2n) is 2.88. The van der Waals surface area contributed by atoms with Crippen molar-refractivity contribution >= 4 is 18.9 Å². The Kier molecular flexibility index (Phi) is 3.82. The van der Waals surface area contributed by atoms with Crippen molar-refractivity contribution in [3.63, 3.8) is 0 Å². The topological polar surface area (TPSA) is 20.2 Å². The summed E-state index contributed by atoms with van der Waals surface area (Å²) in [4.78, 5) is 0. The van der Waals surface area contributed by atoms with Gasteiger partial charge >= 0.3 is 18.9 Å². The van der Waals surface area contributed by atoms with E-state index in [0.717, 1.165) is 11.1 Å². The second kappa shape index (κ2) is 4.90. The summed E-state index contributed by atoms with van der Waals surface area (Å²) in [6.45, 7) is 0. The summed E-state index contributed by atoms with van der Waals surface area (Å²) in [7, 11) is 0. The molecule has 0 aliphatic rings. The van der Waals surface area contributed by atoms with Crippen LogP contribution in [-0.2, 0) is 0 Å². The van der Waals surface area contributed by atoms with Crippen LogP contribution in [-0.4, -0.2) is 24.0 Å². The Bertz CT molecular complexity index is 398. The molecule has 2 rings (SSSR count). The van der Waals surface area contributed by atoms with Crippen molar-refractivity contribution in [2.24, 2.45) is 0 Å². The predicted molar refractivity (Wildman–Crippen MR) is 60.7 cm³/mol. The summed E-state index contributed by atoms with van der Waals surface area (Å²) in [5.41, 5.74) is 1.92. The molecular formula is C12H11LiO. The Morgan fingerprint density at radius 1 is 0.714 bits per heavy atom. The zero-order valence-corrected chi connectivity index (χ0v) is 7.14. The van der Waals surface area contributed by atoms with E-state index in [1.54, 1.807) is 6.07 Å². The van der Waals surface area contributed by atoms with Crippen molar-refractivity contribution in [1.29, 1.82) is 0 Å². The van der Waals surface area contributed by atoms with Gasteiger partial charge in [-0.25, -0.2) is 0 Å². The Labute approximate surface area is 95.6 Å². The first-order valence-corrected chi connectivity index (χ1v) is 4.21. The van der Waals surface area contributed by atoms with Crippen molar-refractivity contribution in [3.8, 4) is 16.9 Å². The molecule has 2 aromatic carbocycles. The average molecular weight is 178 g/mol. The van der Waals surface area contributed by atoms with Crippen molar-refractivity contribution in [2.45, 2.75) is 0 Å². The molecule has 0 spiro atoms. The molecule has 0 saturated carbocycles. The van der Waals surface area contributed by atoms with Crippen molar-refractivity contribution in [1.82, 2.24) is 0 Å². The first-order valence-electron chi connectivity index (χ1n) is 4.21. The third-order valence-corrected chi connectivity index (χ3v) is 1.99. The molecule has 1 nitrogen and oxygen atoms in total. The van der Waals surface area contributed by atoms with E-state index in [1.165, 1.54) is 0 Å². The molecule has 0 atom stereocenters. The SMILES string of the molecule is Oc1ccccc1-c1ccccc1.[LiH]. The molecule has 66 valence electrons. The molecular weight excluding hydrogens is 167 g/mol. The summed E-state index contributed by atoms with van der Waals surface area (Å²) >= 11 is 0. The Morgan fingerprint density at radius 2 is 1.29 bits per heavy atom. The third kappa shape index (κ3) is 2.20. The van der Waals surface area contributed by atoms with Gasteiger partial charge in [-0.3, -0.25) is 0 Å². The zero-order valence-electron chi connectivity index (χ0n) is 7.14. The van der Waals surface area contributed by atoms with Gasteiger partial charge in [-0.1, -0.05) is 48.5 Å². The number of rotatable bonds is 1. The predicted octanol–water partition coefficient (Wildman–Crippen LogP) is 2.41. The molecule has 0 bridgehead atoms. The van der Waals surface area contributed by atoms with Crippen LogP contribution in [0.15, 0.2) is 54.6 Å². The summed E-state index contributed by atoms with van der Waals surface area (Å²) in [6, 6.07) is 17.2. The van der Waals surface area contributed by atoms with Crippen molar-refractivity contribution in [3.05, 3.63) is 54.6 Å². The molecule has 0 saturated heterocycles. The van der Waals surface area contributed by atoms with E-state index in [1.807, 2.05) is 48.5 Å². The molecule has 0 unspecified atom stereocenters. The van der Waals surface area contributed by atoms with Gasteiger partial charge < -0.3 is 5.11 Å². The van der Waals surface area contributed by atoms with Crippen LogP contribution < -0.4 is 0 Å². The maximum absolute atomic E-state index is 9.56. The van der Waals surface area contributed by atoms with Crippen LogP contribution in [0.5, 0.6) is 5.75 Å². The van der Waals surface area contributed by atoms with E-state index >= 15 is 0 Å². The van der Waals surface area contributed by atoms with Gasteiger partial charge in [0.05, 0.1) is 0 Å². The van der Waals surface area contributed by atoms with Crippen LogP contribution in [0, 0.1) is 0 Å². The van der Waals surface area contributed by atoms with Gasteiger partial charge in [0.25, 0.3) is 0 Å². The van der Waals surface area contributed by atoms with E-state index in [2.05, 4.69) is 0 Å². The van der Waals surface area contributed by atoms with Gasteiger partial charge in [0.15, 0.2) is 0 Å². The standard InChI is InChI=1S/C12H10O.Li.H/c13-12-9-5-4-8-11(12)10-6-2-1-3-7-10;;/h1-9,13H;;. The second-order valence-corrected chi connectivity index (χ2v) is 2.88. The van der Waals surface area contributed by atoms with Crippen LogP contribution in [0.3, 0.4) is 0 Å². The molecule has 0 fully saturated rings. The number of hydrogen-bond acceptors (Lipinski definition) is 1. The third-order valence-electron chi connectivity index (χ3n) is 1.99. The van der Waals surface area contributed by atoms with Gasteiger partial charge in [-0.15, -0.1) is 0 Å². The van der Waals surface area contributed by atoms with Gasteiger partial charge in [0.1, 0.15) is 5.75 Å². The van der Waals surface area contributed by atoms with Gasteiger partial charge in [0.2, 0.25) is 0 Å². The molecule has 0 heterocycles. The maximum atomic E-state index is 9.56. The van der Waals surface area contributed by atoms with E-state index in [4.69, 9.17) is 0 Å². The van der Waals surface area contributed by atoms with Crippen LogP contribution in [0.2, 0.25) is 0 Å². The monoisotopic (exact) mass is 178 g/mol. The molecule has 2 heteroatoms. The molecule has 0 radical (unpaired) electrons. The van der Waals surface area contributed by atoms with E-state index in [9.17, 15) is 5.11 Å². The molecule has 14 heavy (non-hydrogen) atoms. The molecule has 2 aromatic rings. The number of phenols is 1. The van der Waals surface area contributed by atoms with Gasteiger partial charge in [-0.05, 0) is 11.6 Å². The van der Waals surface area contributed by atoms with Crippen molar-refractivity contribution < 1.29 is 5.11 Å². The molecule has 1 N–H and O–H groups in total. The number of aromatic hydroxyl groups is 1. The molecule has 0 amide bonds. The molecule has 0 aliphatic heterocycles. The zero-order chi connectivity index (χ0) is 9.10. The first kappa shape index (κ1) is 10.9. The normalized spacial score (nSPS) is 9.14. The van der Waals surface area contributed by atoms with Gasteiger partial charge in [-0.2, -0.15) is 0 Å². The van der Waals surface area contributed by atoms with E-state index < -0.39 is 0 Å². The molecule has 0 aromatic heterocycles.